The molecule has 3 nitrogen and oxygen atoms in total. The normalized spacial score (nSPS) is 15.9. The van der Waals surface area contributed by atoms with E-state index in [9.17, 15) is 9.18 Å². The van der Waals surface area contributed by atoms with Gasteiger partial charge in [-0.1, -0.05) is 30.9 Å². The third-order valence-electron chi connectivity index (χ3n) is 3.88. The third kappa shape index (κ3) is 3.85. The van der Waals surface area contributed by atoms with Crippen LogP contribution >= 0.6 is 11.6 Å². The first kappa shape index (κ1) is 15.1. The van der Waals surface area contributed by atoms with E-state index < -0.39 is 5.82 Å². The van der Waals surface area contributed by atoms with Gasteiger partial charge in [0, 0.05) is 18.8 Å². The second kappa shape index (κ2) is 6.93. The van der Waals surface area contributed by atoms with Crippen molar-refractivity contribution in [3.8, 4) is 0 Å². The second-order valence-corrected chi connectivity index (χ2v) is 5.69. The fourth-order valence-electron chi connectivity index (χ4n) is 2.58. The van der Waals surface area contributed by atoms with E-state index in [4.69, 9.17) is 11.6 Å². The lowest BCUT2D eigenvalue weighted by atomic mass is 9.94. The number of likely N-dealkylation sites (N-methyl/N-ethyl adjacent to an activating group) is 1. The van der Waals surface area contributed by atoms with Crippen LogP contribution in [0.5, 0.6) is 0 Å². The van der Waals surface area contributed by atoms with Gasteiger partial charge in [0.1, 0.15) is 5.82 Å². The first-order valence-electron chi connectivity index (χ1n) is 7.02. The highest BCUT2D eigenvalue weighted by molar-refractivity contribution is 6.31. The molecular formula is C15H20ClFN2O. The zero-order valence-electron chi connectivity index (χ0n) is 11.7. The Kier molecular flexibility index (Phi) is 5.24. The highest BCUT2D eigenvalue weighted by Gasteiger charge is 2.21. The van der Waals surface area contributed by atoms with E-state index in [0.29, 0.717) is 11.7 Å². The highest BCUT2D eigenvalue weighted by atomic mass is 35.5. The molecular weight excluding hydrogens is 279 g/mol. The molecule has 1 amide bonds. The first-order valence-corrected chi connectivity index (χ1v) is 7.40. The molecule has 1 fully saturated rings. The zero-order valence-corrected chi connectivity index (χ0v) is 12.4. The molecule has 1 aliphatic rings. The Labute approximate surface area is 124 Å². The molecule has 0 atom stereocenters. The molecule has 1 aromatic carbocycles. The monoisotopic (exact) mass is 298 g/mol. The van der Waals surface area contributed by atoms with Gasteiger partial charge in [-0.3, -0.25) is 4.79 Å². The number of carbonyl (C=O) groups is 1. The summed E-state index contributed by atoms with van der Waals surface area (Å²) in [6.07, 6.45) is 5.84. The summed E-state index contributed by atoms with van der Waals surface area (Å²) in [5, 5.41) is 3.05. The van der Waals surface area contributed by atoms with Gasteiger partial charge in [0.25, 0.3) is 0 Å². The maximum absolute atomic E-state index is 13.0. The Bertz CT molecular complexity index is 475. The summed E-state index contributed by atoms with van der Waals surface area (Å²) in [4.78, 5) is 14.0. The van der Waals surface area contributed by atoms with Crippen molar-refractivity contribution in [2.75, 3.05) is 18.9 Å². The van der Waals surface area contributed by atoms with Crippen LogP contribution in [0.1, 0.15) is 32.1 Å². The Morgan fingerprint density at radius 2 is 2.10 bits per heavy atom. The summed E-state index contributed by atoms with van der Waals surface area (Å²) < 4.78 is 13.0. The molecule has 2 rings (SSSR count). The van der Waals surface area contributed by atoms with Crippen LogP contribution in [0.15, 0.2) is 18.2 Å². The molecule has 0 spiro atoms. The lowest BCUT2D eigenvalue weighted by molar-refractivity contribution is -0.130. The summed E-state index contributed by atoms with van der Waals surface area (Å²) in [7, 11) is 1.86. The van der Waals surface area contributed by atoms with Crippen LogP contribution in [0.25, 0.3) is 0 Å². The SMILES string of the molecule is CN(C(=O)CNc1ccc(F)c(Cl)c1)C1CCCCC1. The average molecular weight is 299 g/mol. The Morgan fingerprint density at radius 3 is 2.75 bits per heavy atom. The molecule has 110 valence electrons. The van der Waals surface area contributed by atoms with Gasteiger partial charge < -0.3 is 10.2 Å². The maximum Gasteiger partial charge on any atom is 0.241 e. The molecule has 5 heteroatoms. The fourth-order valence-corrected chi connectivity index (χ4v) is 2.76. The van der Waals surface area contributed by atoms with Crippen molar-refractivity contribution in [1.29, 1.82) is 0 Å². The van der Waals surface area contributed by atoms with E-state index in [1.54, 1.807) is 6.07 Å². The first-order chi connectivity index (χ1) is 9.58. The van der Waals surface area contributed by atoms with Crippen molar-refractivity contribution in [3.05, 3.63) is 29.0 Å². The summed E-state index contributed by atoms with van der Waals surface area (Å²) >= 11 is 5.70. The molecule has 1 aliphatic carbocycles. The summed E-state index contributed by atoms with van der Waals surface area (Å²) in [5.41, 5.74) is 0.654. The summed E-state index contributed by atoms with van der Waals surface area (Å²) in [6.45, 7) is 0.203. The van der Waals surface area contributed by atoms with Gasteiger partial charge in [-0.25, -0.2) is 4.39 Å². The number of carbonyl (C=O) groups excluding carboxylic acids is 1. The maximum atomic E-state index is 13.0. The van der Waals surface area contributed by atoms with Crippen molar-refractivity contribution < 1.29 is 9.18 Å². The number of nitrogens with zero attached hydrogens (tertiary/aromatic N) is 1. The number of hydrogen-bond donors (Lipinski definition) is 1. The second-order valence-electron chi connectivity index (χ2n) is 5.28. The van der Waals surface area contributed by atoms with Crippen molar-refractivity contribution in [2.45, 2.75) is 38.1 Å². The van der Waals surface area contributed by atoms with Crippen molar-refractivity contribution >= 4 is 23.2 Å². The molecule has 0 bridgehead atoms. The minimum atomic E-state index is -0.456. The Morgan fingerprint density at radius 1 is 1.40 bits per heavy atom. The zero-order chi connectivity index (χ0) is 14.5. The quantitative estimate of drug-likeness (QED) is 0.919. The van der Waals surface area contributed by atoms with Crippen LogP contribution in [0.4, 0.5) is 10.1 Å². The van der Waals surface area contributed by atoms with Gasteiger partial charge in [0.05, 0.1) is 11.6 Å². The van der Waals surface area contributed by atoms with Crippen LogP contribution in [0, 0.1) is 5.82 Å². The number of amides is 1. The molecule has 0 saturated heterocycles. The summed E-state index contributed by atoms with van der Waals surface area (Å²) in [5.74, 6) is -0.403. The van der Waals surface area contributed by atoms with Gasteiger partial charge in [-0.15, -0.1) is 0 Å². The van der Waals surface area contributed by atoms with Gasteiger partial charge in [0.2, 0.25) is 5.91 Å². The van der Waals surface area contributed by atoms with Crippen LogP contribution in [-0.4, -0.2) is 30.4 Å². The van der Waals surface area contributed by atoms with Gasteiger partial charge in [-0.05, 0) is 31.0 Å². The molecule has 1 saturated carbocycles. The van der Waals surface area contributed by atoms with E-state index in [1.807, 2.05) is 11.9 Å². The predicted molar refractivity (Wildman–Crippen MR) is 79.5 cm³/mol. The number of halogens is 2. The topological polar surface area (TPSA) is 32.3 Å². The lowest BCUT2D eigenvalue weighted by Crippen LogP contribution is -2.41. The van der Waals surface area contributed by atoms with Crippen LogP contribution in [0.3, 0.4) is 0 Å². The molecule has 1 aromatic rings. The number of benzene rings is 1. The number of nitrogens with one attached hydrogen (secondary N) is 1. The van der Waals surface area contributed by atoms with E-state index in [0.717, 1.165) is 12.8 Å². The van der Waals surface area contributed by atoms with Crippen LogP contribution in [-0.2, 0) is 4.79 Å². The molecule has 0 radical (unpaired) electrons. The molecule has 0 aliphatic heterocycles. The van der Waals surface area contributed by atoms with E-state index in [-0.39, 0.29) is 17.5 Å². The molecule has 0 unspecified atom stereocenters. The van der Waals surface area contributed by atoms with Crippen molar-refractivity contribution in [1.82, 2.24) is 4.90 Å². The minimum absolute atomic E-state index is 0.0531. The molecule has 0 heterocycles. The predicted octanol–water partition coefficient (Wildman–Crippen LogP) is 3.68. The number of hydrogen-bond acceptors (Lipinski definition) is 2. The van der Waals surface area contributed by atoms with Gasteiger partial charge >= 0.3 is 0 Å². The third-order valence-corrected chi connectivity index (χ3v) is 4.17. The largest absolute Gasteiger partial charge is 0.376 e. The van der Waals surface area contributed by atoms with Crippen LogP contribution < -0.4 is 5.32 Å². The lowest BCUT2D eigenvalue weighted by Gasteiger charge is -2.31. The minimum Gasteiger partial charge on any atom is -0.376 e. The molecule has 0 aromatic heterocycles. The molecule has 1 N–H and O–H groups in total. The average Bonchev–Trinajstić information content (AvgIpc) is 2.48. The van der Waals surface area contributed by atoms with Gasteiger partial charge in [0.15, 0.2) is 0 Å². The number of rotatable bonds is 4. The highest BCUT2D eigenvalue weighted by Crippen LogP contribution is 2.22. The van der Waals surface area contributed by atoms with Crippen LogP contribution in [0.2, 0.25) is 5.02 Å². The molecule has 20 heavy (non-hydrogen) atoms. The summed E-state index contributed by atoms with van der Waals surface area (Å²) in [6, 6.07) is 4.72. The number of anilines is 1. The van der Waals surface area contributed by atoms with E-state index >= 15 is 0 Å². The van der Waals surface area contributed by atoms with Crippen molar-refractivity contribution in [2.24, 2.45) is 0 Å². The smallest absolute Gasteiger partial charge is 0.241 e. The van der Waals surface area contributed by atoms with Crippen molar-refractivity contribution in [3.63, 3.8) is 0 Å². The standard InChI is InChI=1S/C15H20ClFN2O/c1-19(12-5-3-2-4-6-12)15(20)10-18-11-7-8-14(17)13(16)9-11/h7-9,12,18H,2-6,10H2,1H3. The Hall–Kier alpha value is -1.29. The van der Waals surface area contributed by atoms with Gasteiger partial charge in [-0.2, -0.15) is 0 Å². The fraction of sp³-hybridized carbons (Fsp3) is 0.533. The van der Waals surface area contributed by atoms with E-state index in [1.165, 1.54) is 31.4 Å². The Balaban J connectivity index is 1.86. The van der Waals surface area contributed by atoms with E-state index in [2.05, 4.69) is 5.32 Å².